The average Bonchev–Trinajstić information content (AvgIpc) is 2.78. The van der Waals surface area contributed by atoms with Crippen molar-refractivity contribution in [1.29, 1.82) is 0 Å². The molecule has 0 bridgehead atoms. The monoisotopic (exact) mass is 408 g/mol. The summed E-state index contributed by atoms with van der Waals surface area (Å²) in [6, 6.07) is 19.6. The number of rotatable bonds is 8. The van der Waals surface area contributed by atoms with Crippen LogP contribution in [0.15, 0.2) is 60.7 Å². The lowest BCUT2D eigenvalue weighted by Gasteiger charge is -2.39. The van der Waals surface area contributed by atoms with E-state index in [0.29, 0.717) is 12.1 Å². The summed E-state index contributed by atoms with van der Waals surface area (Å²) in [5, 5.41) is 5.90. The molecule has 0 spiro atoms. The molecule has 0 aliphatic carbocycles. The summed E-state index contributed by atoms with van der Waals surface area (Å²) in [5.41, 5.74) is 1.87. The molecule has 2 unspecified atom stereocenters. The highest BCUT2D eigenvalue weighted by Gasteiger charge is 2.22. The first kappa shape index (κ1) is 21.8. The van der Waals surface area contributed by atoms with Gasteiger partial charge in [0.1, 0.15) is 0 Å². The first-order chi connectivity index (χ1) is 14.5. The van der Waals surface area contributed by atoms with Crippen LogP contribution in [-0.4, -0.2) is 61.5 Å². The minimum atomic E-state index is -0.220. The van der Waals surface area contributed by atoms with Gasteiger partial charge < -0.3 is 15.5 Å². The van der Waals surface area contributed by atoms with E-state index in [2.05, 4.69) is 51.6 Å². The summed E-state index contributed by atoms with van der Waals surface area (Å²) in [4.78, 5) is 29.3. The van der Waals surface area contributed by atoms with Crippen molar-refractivity contribution < 1.29 is 9.59 Å². The van der Waals surface area contributed by atoms with Crippen LogP contribution >= 0.6 is 0 Å². The number of carbonyl (C=O) groups is 2. The Hall–Kier alpha value is -2.86. The van der Waals surface area contributed by atoms with Crippen LogP contribution in [0.25, 0.3) is 0 Å². The van der Waals surface area contributed by atoms with Crippen molar-refractivity contribution >= 4 is 17.5 Å². The summed E-state index contributed by atoms with van der Waals surface area (Å²) in [6.45, 7) is 8.57. The van der Waals surface area contributed by atoms with Gasteiger partial charge in [0.25, 0.3) is 5.91 Å². The van der Waals surface area contributed by atoms with Crippen LogP contribution in [0.4, 0.5) is 5.69 Å². The van der Waals surface area contributed by atoms with Gasteiger partial charge in [0, 0.05) is 62.5 Å². The first-order valence-corrected chi connectivity index (χ1v) is 10.7. The van der Waals surface area contributed by atoms with Crippen molar-refractivity contribution in [3.8, 4) is 0 Å². The van der Waals surface area contributed by atoms with Crippen LogP contribution in [0.2, 0.25) is 0 Å². The highest BCUT2D eigenvalue weighted by atomic mass is 16.2. The second kappa shape index (κ2) is 10.8. The van der Waals surface area contributed by atoms with Crippen LogP contribution < -0.4 is 15.5 Å². The van der Waals surface area contributed by atoms with Crippen LogP contribution in [0.1, 0.15) is 30.6 Å². The van der Waals surface area contributed by atoms with E-state index in [-0.39, 0.29) is 30.3 Å². The maximum atomic E-state index is 12.3. The van der Waals surface area contributed by atoms with E-state index in [1.165, 1.54) is 5.69 Å². The van der Waals surface area contributed by atoms with Crippen molar-refractivity contribution in [2.45, 2.75) is 32.4 Å². The van der Waals surface area contributed by atoms with Gasteiger partial charge >= 0.3 is 0 Å². The molecule has 30 heavy (non-hydrogen) atoms. The summed E-state index contributed by atoms with van der Waals surface area (Å²) in [6.07, 6.45) is 0.271. The Morgan fingerprint density at radius 1 is 0.900 bits per heavy atom. The molecule has 6 nitrogen and oxygen atoms in total. The molecule has 1 saturated heterocycles. The summed E-state index contributed by atoms with van der Waals surface area (Å²) >= 11 is 0. The topological polar surface area (TPSA) is 64.7 Å². The number of piperazine rings is 1. The smallest absolute Gasteiger partial charge is 0.251 e. The maximum absolute atomic E-state index is 12.3. The number of nitrogens with zero attached hydrogens (tertiary/aromatic N) is 2. The zero-order chi connectivity index (χ0) is 21.3. The van der Waals surface area contributed by atoms with Gasteiger partial charge in [0.2, 0.25) is 5.91 Å². The second-order valence-electron chi connectivity index (χ2n) is 7.96. The normalized spacial score (nSPS) is 16.5. The molecule has 2 amide bonds. The van der Waals surface area contributed by atoms with E-state index in [1.54, 1.807) is 12.1 Å². The molecule has 0 saturated carbocycles. The fourth-order valence-electron chi connectivity index (χ4n) is 3.75. The number of amides is 2. The van der Waals surface area contributed by atoms with Crippen molar-refractivity contribution in [1.82, 2.24) is 15.5 Å². The van der Waals surface area contributed by atoms with Gasteiger partial charge in [-0.15, -0.1) is 0 Å². The summed E-state index contributed by atoms with van der Waals surface area (Å²) < 4.78 is 0. The fraction of sp³-hybridized carbons (Fsp3) is 0.417. The molecule has 1 fully saturated rings. The molecule has 0 radical (unpaired) electrons. The number of hydrogen-bond acceptors (Lipinski definition) is 4. The SMILES string of the molecule is CC(CC(=O)NCC(C)N1CCN(c2ccccc2)CC1)NC(=O)c1ccccc1. The minimum absolute atomic E-state index is 0.0365. The molecule has 2 aromatic carbocycles. The highest BCUT2D eigenvalue weighted by Crippen LogP contribution is 2.16. The lowest BCUT2D eigenvalue weighted by atomic mass is 10.1. The third-order valence-electron chi connectivity index (χ3n) is 5.56. The van der Waals surface area contributed by atoms with Gasteiger partial charge in [-0.1, -0.05) is 36.4 Å². The van der Waals surface area contributed by atoms with Gasteiger partial charge in [0.05, 0.1) is 0 Å². The van der Waals surface area contributed by atoms with Crippen LogP contribution in [-0.2, 0) is 4.79 Å². The van der Waals surface area contributed by atoms with E-state index in [0.717, 1.165) is 26.2 Å². The first-order valence-electron chi connectivity index (χ1n) is 10.7. The maximum Gasteiger partial charge on any atom is 0.251 e. The average molecular weight is 409 g/mol. The van der Waals surface area contributed by atoms with E-state index in [4.69, 9.17) is 0 Å². The Labute approximate surface area is 179 Å². The quantitative estimate of drug-likeness (QED) is 0.705. The Kier molecular flexibility index (Phi) is 7.85. The third kappa shape index (κ3) is 6.32. The van der Waals surface area contributed by atoms with Crippen LogP contribution in [0.3, 0.4) is 0 Å². The van der Waals surface area contributed by atoms with E-state index >= 15 is 0 Å². The van der Waals surface area contributed by atoms with Gasteiger partial charge in [-0.3, -0.25) is 14.5 Å². The molecule has 2 atom stereocenters. The Morgan fingerprint density at radius 3 is 2.13 bits per heavy atom. The fourth-order valence-corrected chi connectivity index (χ4v) is 3.75. The molecule has 1 heterocycles. The zero-order valence-corrected chi connectivity index (χ0v) is 17.9. The van der Waals surface area contributed by atoms with E-state index < -0.39 is 0 Å². The number of carbonyl (C=O) groups excluding carboxylic acids is 2. The van der Waals surface area contributed by atoms with Gasteiger partial charge in [-0.05, 0) is 38.1 Å². The Balaban J connectivity index is 1.36. The lowest BCUT2D eigenvalue weighted by molar-refractivity contribution is -0.121. The van der Waals surface area contributed by atoms with Gasteiger partial charge in [-0.25, -0.2) is 0 Å². The van der Waals surface area contributed by atoms with Gasteiger partial charge in [0.15, 0.2) is 0 Å². The van der Waals surface area contributed by atoms with Crippen molar-refractivity contribution in [3.05, 3.63) is 66.2 Å². The number of anilines is 1. The molecule has 1 aliphatic heterocycles. The predicted molar refractivity (Wildman–Crippen MR) is 121 cm³/mol. The highest BCUT2D eigenvalue weighted by molar-refractivity contribution is 5.94. The van der Waals surface area contributed by atoms with Gasteiger partial charge in [-0.2, -0.15) is 0 Å². The molecule has 2 aromatic rings. The molecule has 2 N–H and O–H groups in total. The molecule has 0 aromatic heterocycles. The summed E-state index contributed by atoms with van der Waals surface area (Å²) in [5.74, 6) is -0.189. The lowest BCUT2D eigenvalue weighted by Crippen LogP contribution is -2.52. The number of para-hydroxylation sites is 1. The molecule has 3 rings (SSSR count). The van der Waals surface area contributed by atoms with Crippen LogP contribution in [0.5, 0.6) is 0 Å². The van der Waals surface area contributed by atoms with E-state index in [9.17, 15) is 9.59 Å². The second-order valence-corrected chi connectivity index (χ2v) is 7.96. The number of nitrogens with one attached hydrogen (secondary N) is 2. The standard InChI is InChI=1S/C24H32N4O2/c1-19(26-24(30)21-9-5-3-6-10-21)17-23(29)25-18-20(2)27-13-15-28(16-14-27)22-11-7-4-8-12-22/h3-12,19-20H,13-18H2,1-2H3,(H,25,29)(H,26,30). The third-order valence-corrected chi connectivity index (χ3v) is 5.56. The van der Waals surface area contributed by atoms with Crippen molar-refractivity contribution in [2.75, 3.05) is 37.6 Å². The number of hydrogen-bond donors (Lipinski definition) is 2. The molecular formula is C24H32N4O2. The Bertz CT molecular complexity index is 804. The van der Waals surface area contributed by atoms with Crippen LogP contribution in [0, 0.1) is 0 Å². The predicted octanol–water partition coefficient (Wildman–Crippen LogP) is 2.52. The Morgan fingerprint density at radius 2 is 1.50 bits per heavy atom. The molecule has 6 heteroatoms. The van der Waals surface area contributed by atoms with Crippen molar-refractivity contribution in [3.63, 3.8) is 0 Å². The zero-order valence-electron chi connectivity index (χ0n) is 17.9. The molecular weight excluding hydrogens is 376 g/mol. The number of benzene rings is 2. The van der Waals surface area contributed by atoms with E-state index in [1.807, 2.05) is 31.2 Å². The summed E-state index contributed by atoms with van der Waals surface area (Å²) in [7, 11) is 0. The van der Waals surface area contributed by atoms with Crippen molar-refractivity contribution in [2.24, 2.45) is 0 Å². The molecule has 160 valence electrons. The molecule has 1 aliphatic rings. The largest absolute Gasteiger partial charge is 0.369 e. The minimum Gasteiger partial charge on any atom is -0.369 e.